The van der Waals surface area contributed by atoms with Gasteiger partial charge < -0.3 is 15.2 Å². The first kappa shape index (κ1) is 17.7. The fourth-order valence-electron chi connectivity index (χ4n) is 3.28. The van der Waals surface area contributed by atoms with Gasteiger partial charge >= 0.3 is 5.97 Å². The van der Waals surface area contributed by atoms with Crippen LogP contribution in [0.4, 0.5) is 0 Å². The van der Waals surface area contributed by atoms with Crippen LogP contribution < -0.4 is 10.1 Å². The van der Waals surface area contributed by atoms with E-state index in [1.165, 1.54) is 18.4 Å². The topological polar surface area (TPSA) is 61.8 Å². The first-order chi connectivity index (χ1) is 11.5. The van der Waals surface area contributed by atoms with Crippen molar-refractivity contribution in [2.45, 2.75) is 44.3 Å². The molecule has 2 N–H and O–H groups in total. The SMILES string of the molecule is COc1ccc(CNC2CC(N(CC(=O)O)CC3CC3)C2)cc1Br. The minimum atomic E-state index is -0.713. The Kier molecular flexibility index (Phi) is 5.79. The number of carboxylic acids is 1. The molecule has 0 unspecified atom stereocenters. The number of aliphatic carboxylic acids is 1. The van der Waals surface area contributed by atoms with Crippen LogP contribution in [0.25, 0.3) is 0 Å². The highest BCUT2D eigenvalue weighted by Crippen LogP contribution is 2.34. The van der Waals surface area contributed by atoms with Crippen LogP contribution in [0.1, 0.15) is 31.2 Å². The number of carboxylic acid groups (broad SMARTS) is 1. The minimum absolute atomic E-state index is 0.180. The molecule has 0 saturated heterocycles. The van der Waals surface area contributed by atoms with Gasteiger partial charge in [-0.05, 0) is 65.2 Å². The molecule has 132 valence electrons. The van der Waals surface area contributed by atoms with Gasteiger partial charge in [-0.15, -0.1) is 0 Å². The molecule has 0 aromatic heterocycles. The van der Waals surface area contributed by atoms with Gasteiger partial charge in [0.25, 0.3) is 0 Å². The summed E-state index contributed by atoms with van der Waals surface area (Å²) in [6.45, 7) is 1.95. The van der Waals surface area contributed by atoms with E-state index in [4.69, 9.17) is 9.84 Å². The summed E-state index contributed by atoms with van der Waals surface area (Å²) in [6.07, 6.45) is 4.60. The Balaban J connectivity index is 1.44. The van der Waals surface area contributed by atoms with Gasteiger partial charge in [-0.1, -0.05) is 6.07 Å². The van der Waals surface area contributed by atoms with E-state index in [9.17, 15) is 4.79 Å². The number of halogens is 1. The Labute approximate surface area is 151 Å². The van der Waals surface area contributed by atoms with Crippen LogP contribution in [0.2, 0.25) is 0 Å². The fourth-order valence-corrected chi connectivity index (χ4v) is 3.87. The van der Waals surface area contributed by atoms with E-state index in [1.54, 1.807) is 7.11 Å². The van der Waals surface area contributed by atoms with Crippen molar-refractivity contribution in [1.29, 1.82) is 0 Å². The van der Waals surface area contributed by atoms with Gasteiger partial charge in [-0.25, -0.2) is 0 Å². The summed E-state index contributed by atoms with van der Waals surface area (Å²) in [5.74, 6) is 0.856. The van der Waals surface area contributed by atoms with Crippen molar-refractivity contribution in [2.24, 2.45) is 5.92 Å². The lowest BCUT2D eigenvalue weighted by atomic mass is 9.85. The Morgan fingerprint density at radius 2 is 2.17 bits per heavy atom. The van der Waals surface area contributed by atoms with Crippen LogP contribution in [0.3, 0.4) is 0 Å². The Hall–Kier alpha value is -1.11. The molecule has 0 spiro atoms. The first-order valence-corrected chi connectivity index (χ1v) is 9.36. The summed E-state index contributed by atoms with van der Waals surface area (Å²) in [5, 5.41) is 12.7. The number of nitrogens with zero attached hydrogens (tertiary/aromatic N) is 1. The molecule has 5 nitrogen and oxygen atoms in total. The summed E-state index contributed by atoms with van der Waals surface area (Å²) >= 11 is 3.51. The maximum Gasteiger partial charge on any atom is 0.317 e. The normalized spacial score (nSPS) is 23.1. The Morgan fingerprint density at radius 3 is 2.75 bits per heavy atom. The Morgan fingerprint density at radius 1 is 1.42 bits per heavy atom. The molecule has 2 saturated carbocycles. The second kappa shape index (κ2) is 7.85. The molecule has 2 fully saturated rings. The van der Waals surface area contributed by atoms with Crippen molar-refractivity contribution in [3.05, 3.63) is 28.2 Å². The minimum Gasteiger partial charge on any atom is -0.496 e. The number of hydrogen-bond acceptors (Lipinski definition) is 4. The number of nitrogens with one attached hydrogen (secondary N) is 1. The zero-order chi connectivity index (χ0) is 17.1. The van der Waals surface area contributed by atoms with Crippen molar-refractivity contribution in [3.63, 3.8) is 0 Å². The van der Waals surface area contributed by atoms with Gasteiger partial charge in [0.1, 0.15) is 5.75 Å². The van der Waals surface area contributed by atoms with Gasteiger partial charge in [-0.3, -0.25) is 9.69 Å². The molecule has 0 atom stereocenters. The number of methoxy groups -OCH3 is 1. The van der Waals surface area contributed by atoms with Crippen LogP contribution >= 0.6 is 15.9 Å². The maximum atomic E-state index is 11.1. The van der Waals surface area contributed by atoms with Gasteiger partial charge in [-0.2, -0.15) is 0 Å². The summed E-state index contributed by atoms with van der Waals surface area (Å²) < 4.78 is 6.21. The number of rotatable bonds is 9. The highest BCUT2D eigenvalue weighted by atomic mass is 79.9. The number of benzene rings is 1. The van der Waals surface area contributed by atoms with E-state index in [0.29, 0.717) is 12.1 Å². The lowest BCUT2D eigenvalue weighted by Gasteiger charge is -2.43. The highest BCUT2D eigenvalue weighted by Gasteiger charge is 2.36. The van der Waals surface area contributed by atoms with Crippen LogP contribution in [0.5, 0.6) is 5.75 Å². The maximum absolute atomic E-state index is 11.1. The van der Waals surface area contributed by atoms with E-state index >= 15 is 0 Å². The lowest BCUT2D eigenvalue weighted by Crippen LogP contribution is -2.54. The average molecular weight is 397 g/mol. The molecule has 0 amide bonds. The quantitative estimate of drug-likeness (QED) is 0.671. The van der Waals surface area contributed by atoms with Crippen LogP contribution in [0.15, 0.2) is 22.7 Å². The van der Waals surface area contributed by atoms with Gasteiger partial charge in [0.2, 0.25) is 0 Å². The standard InChI is InChI=1S/C18H25BrN2O3/c1-24-17-5-4-13(6-16(17)19)9-20-14-7-15(8-14)21(11-18(22)23)10-12-2-3-12/h4-6,12,14-15,20H,2-3,7-11H2,1H3,(H,22,23). The third kappa shape index (κ3) is 4.71. The van der Waals surface area contributed by atoms with Crippen LogP contribution in [-0.2, 0) is 11.3 Å². The van der Waals surface area contributed by atoms with E-state index in [0.717, 1.165) is 42.1 Å². The Bertz CT molecular complexity index is 586. The number of carbonyl (C=O) groups is 1. The smallest absolute Gasteiger partial charge is 0.317 e. The summed E-state index contributed by atoms with van der Waals surface area (Å²) in [5.41, 5.74) is 1.21. The van der Waals surface area contributed by atoms with E-state index in [1.807, 2.05) is 6.07 Å². The fraction of sp³-hybridized carbons (Fsp3) is 0.611. The average Bonchev–Trinajstić information content (AvgIpc) is 3.29. The molecule has 6 heteroatoms. The molecule has 0 heterocycles. The van der Waals surface area contributed by atoms with Crippen molar-refractivity contribution >= 4 is 21.9 Å². The second-order valence-electron chi connectivity index (χ2n) is 6.94. The molecule has 0 bridgehead atoms. The summed E-state index contributed by atoms with van der Waals surface area (Å²) in [4.78, 5) is 13.2. The highest BCUT2D eigenvalue weighted by molar-refractivity contribution is 9.10. The van der Waals surface area contributed by atoms with Crippen molar-refractivity contribution in [2.75, 3.05) is 20.2 Å². The number of hydrogen-bond donors (Lipinski definition) is 2. The van der Waals surface area contributed by atoms with Crippen LogP contribution in [0, 0.1) is 5.92 Å². The van der Waals surface area contributed by atoms with Crippen molar-refractivity contribution in [1.82, 2.24) is 10.2 Å². The zero-order valence-corrected chi connectivity index (χ0v) is 15.6. The van der Waals surface area contributed by atoms with Gasteiger partial charge in [0, 0.05) is 25.2 Å². The molecular weight excluding hydrogens is 372 g/mol. The molecule has 2 aliphatic carbocycles. The number of ether oxygens (including phenoxy) is 1. The molecule has 1 aromatic rings. The summed E-state index contributed by atoms with van der Waals surface area (Å²) in [6, 6.07) is 7.00. The molecule has 0 radical (unpaired) electrons. The van der Waals surface area contributed by atoms with Crippen molar-refractivity contribution in [3.8, 4) is 5.75 Å². The third-order valence-corrected chi connectivity index (χ3v) is 5.59. The third-order valence-electron chi connectivity index (χ3n) is 4.97. The molecule has 2 aliphatic rings. The molecule has 24 heavy (non-hydrogen) atoms. The van der Waals surface area contributed by atoms with Crippen LogP contribution in [-0.4, -0.2) is 48.3 Å². The largest absolute Gasteiger partial charge is 0.496 e. The molecular formula is C18H25BrN2O3. The molecule has 0 aliphatic heterocycles. The van der Waals surface area contributed by atoms with E-state index < -0.39 is 5.97 Å². The van der Waals surface area contributed by atoms with E-state index in [2.05, 4.69) is 38.3 Å². The molecule has 3 rings (SSSR count). The van der Waals surface area contributed by atoms with Crippen molar-refractivity contribution < 1.29 is 14.6 Å². The van der Waals surface area contributed by atoms with Gasteiger partial charge in [0.15, 0.2) is 0 Å². The predicted octanol–water partition coefficient (Wildman–Crippen LogP) is 2.87. The molecule has 1 aromatic carbocycles. The lowest BCUT2D eigenvalue weighted by molar-refractivity contribution is -0.139. The monoisotopic (exact) mass is 396 g/mol. The van der Waals surface area contributed by atoms with Gasteiger partial charge in [0.05, 0.1) is 18.1 Å². The van der Waals surface area contributed by atoms with E-state index in [-0.39, 0.29) is 6.54 Å². The second-order valence-corrected chi connectivity index (χ2v) is 7.79. The summed E-state index contributed by atoms with van der Waals surface area (Å²) in [7, 11) is 1.66. The first-order valence-electron chi connectivity index (χ1n) is 8.56. The zero-order valence-electron chi connectivity index (χ0n) is 14.0. The predicted molar refractivity (Wildman–Crippen MR) is 96.3 cm³/mol.